The van der Waals surface area contributed by atoms with E-state index in [4.69, 9.17) is 40.5 Å². The molecule has 0 aromatic heterocycles. The van der Waals surface area contributed by atoms with Crippen molar-refractivity contribution in [2.45, 2.75) is 6.92 Å². The topological polar surface area (TPSA) is 75.8 Å². The molecule has 2 rings (SSSR count). The van der Waals surface area contributed by atoms with E-state index in [0.717, 1.165) is 5.56 Å². The number of nitrogens with zero attached hydrogens (tertiary/aromatic N) is 2. The number of aryl methyl sites for hydroxylation is 1. The van der Waals surface area contributed by atoms with Crippen molar-refractivity contribution in [3.63, 3.8) is 0 Å². The van der Waals surface area contributed by atoms with Gasteiger partial charge in [0, 0.05) is 17.8 Å². The van der Waals surface area contributed by atoms with Gasteiger partial charge in [-0.3, -0.25) is 9.59 Å². The summed E-state index contributed by atoms with van der Waals surface area (Å²) in [6, 6.07) is 10.1. The van der Waals surface area contributed by atoms with Gasteiger partial charge >= 0.3 is 11.8 Å². The Labute approximate surface area is 160 Å². The average Bonchev–Trinajstić information content (AvgIpc) is 2.52. The van der Waals surface area contributed by atoms with Crippen molar-refractivity contribution in [1.82, 2.24) is 0 Å². The fourth-order valence-corrected chi connectivity index (χ4v) is 3.06. The Hall–Kier alpha value is -2.08. The van der Waals surface area contributed by atoms with Gasteiger partial charge in [-0.2, -0.15) is 4.99 Å². The van der Waals surface area contributed by atoms with Crippen LogP contribution in [0.4, 0.5) is 5.69 Å². The van der Waals surface area contributed by atoms with E-state index in [-0.39, 0.29) is 15.9 Å². The van der Waals surface area contributed by atoms with Crippen LogP contribution in [0.5, 0.6) is 0 Å². The molecule has 2 aromatic rings. The molecule has 0 saturated heterocycles. The summed E-state index contributed by atoms with van der Waals surface area (Å²) in [6.07, 6.45) is 0. The zero-order valence-electron chi connectivity index (χ0n) is 13.4. The molecule has 0 saturated carbocycles. The lowest BCUT2D eigenvalue weighted by molar-refractivity contribution is -0.135. The van der Waals surface area contributed by atoms with Gasteiger partial charge < -0.3 is 10.6 Å². The first-order valence-electron chi connectivity index (χ1n) is 7.09. The molecule has 0 fully saturated rings. The van der Waals surface area contributed by atoms with Gasteiger partial charge in [0.15, 0.2) is 0 Å². The number of anilines is 1. The second kappa shape index (κ2) is 7.87. The number of benzene rings is 2. The molecule has 8 heteroatoms. The van der Waals surface area contributed by atoms with E-state index in [2.05, 4.69) is 4.99 Å². The molecule has 2 aromatic carbocycles. The van der Waals surface area contributed by atoms with Gasteiger partial charge in [0.1, 0.15) is 5.84 Å². The summed E-state index contributed by atoms with van der Waals surface area (Å²) in [4.78, 5) is 28.4. The molecule has 5 nitrogen and oxygen atoms in total. The second-order valence-corrected chi connectivity index (χ2v) is 6.44. The van der Waals surface area contributed by atoms with E-state index >= 15 is 0 Å². The van der Waals surface area contributed by atoms with Gasteiger partial charge in [-0.15, -0.1) is 0 Å². The van der Waals surface area contributed by atoms with E-state index in [0.29, 0.717) is 16.3 Å². The fourth-order valence-electron chi connectivity index (χ4n) is 2.27. The molecule has 2 N–H and O–H groups in total. The van der Waals surface area contributed by atoms with E-state index in [9.17, 15) is 9.59 Å². The number of amidine groups is 1. The van der Waals surface area contributed by atoms with Crippen LogP contribution in [0.15, 0.2) is 41.4 Å². The van der Waals surface area contributed by atoms with Crippen LogP contribution in [0.1, 0.15) is 11.1 Å². The number of rotatable bonds is 2. The lowest BCUT2D eigenvalue weighted by Gasteiger charge is -2.24. The quantitative estimate of drug-likeness (QED) is 0.474. The summed E-state index contributed by atoms with van der Waals surface area (Å²) in [5, 5.41) is 1.13. The van der Waals surface area contributed by atoms with Crippen LogP contribution in [0.25, 0.3) is 0 Å². The molecular formula is C17H14Cl3N3O2. The number of aliphatic imine (C=N–C) groups is 1. The number of carbonyl (C=O) groups is 2. The molecule has 0 heterocycles. The lowest BCUT2D eigenvalue weighted by atomic mass is 10.1. The molecule has 0 aliphatic rings. The first-order chi connectivity index (χ1) is 11.7. The Morgan fingerprint density at radius 3 is 2.20 bits per heavy atom. The van der Waals surface area contributed by atoms with Crippen molar-refractivity contribution < 1.29 is 9.59 Å². The van der Waals surface area contributed by atoms with Crippen molar-refractivity contribution in [3.05, 3.63) is 62.6 Å². The van der Waals surface area contributed by atoms with E-state index in [1.807, 2.05) is 6.92 Å². The third-order valence-corrected chi connectivity index (χ3v) is 4.31. The summed E-state index contributed by atoms with van der Waals surface area (Å²) in [5.74, 6) is -2.18. The maximum Gasteiger partial charge on any atom is 0.336 e. The van der Waals surface area contributed by atoms with Crippen LogP contribution in [0.2, 0.25) is 15.1 Å². The molecule has 130 valence electrons. The SMILES string of the molecule is Cc1cc(Cl)ccc1N(C)C(=NC(=O)C(N)=O)c1c(Cl)cccc1Cl. The average molecular weight is 399 g/mol. The van der Waals surface area contributed by atoms with Gasteiger partial charge in [-0.1, -0.05) is 40.9 Å². The van der Waals surface area contributed by atoms with Crippen molar-refractivity contribution in [3.8, 4) is 0 Å². The highest BCUT2D eigenvalue weighted by molar-refractivity contribution is 6.43. The Morgan fingerprint density at radius 1 is 1.08 bits per heavy atom. The zero-order chi connectivity index (χ0) is 18.7. The summed E-state index contributed by atoms with van der Waals surface area (Å²) in [6.45, 7) is 1.85. The second-order valence-electron chi connectivity index (χ2n) is 5.19. The van der Waals surface area contributed by atoms with Gasteiger partial charge in [-0.25, -0.2) is 0 Å². The Morgan fingerprint density at radius 2 is 1.68 bits per heavy atom. The first kappa shape index (κ1) is 19.2. The highest BCUT2D eigenvalue weighted by Gasteiger charge is 2.22. The predicted octanol–water partition coefficient (Wildman–Crippen LogP) is 3.85. The Balaban J connectivity index is 2.67. The molecule has 0 bridgehead atoms. The third-order valence-electron chi connectivity index (χ3n) is 3.44. The number of halogens is 3. The van der Waals surface area contributed by atoms with Crippen molar-refractivity contribution in [1.29, 1.82) is 0 Å². The smallest absolute Gasteiger partial charge is 0.336 e. The normalized spacial score (nSPS) is 11.3. The predicted molar refractivity (Wildman–Crippen MR) is 102 cm³/mol. The first-order valence-corrected chi connectivity index (χ1v) is 8.22. The van der Waals surface area contributed by atoms with Crippen LogP contribution in [0.3, 0.4) is 0 Å². The standard InChI is InChI=1S/C17H14Cl3N3O2/c1-9-8-10(18)6-7-13(9)23(2)16(22-17(25)15(21)24)14-11(19)4-3-5-12(14)20/h3-8H,1-2H3,(H2,21,24). The summed E-state index contributed by atoms with van der Waals surface area (Å²) in [5.41, 5.74) is 6.88. The van der Waals surface area contributed by atoms with Crippen LogP contribution in [-0.4, -0.2) is 24.7 Å². The number of carbonyl (C=O) groups excluding carboxylic acids is 2. The number of hydrogen-bond acceptors (Lipinski definition) is 2. The number of hydrogen-bond donors (Lipinski definition) is 1. The fraction of sp³-hybridized carbons (Fsp3) is 0.118. The lowest BCUT2D eigenvalue weighted by Crippen LogP contribution is -2.32. The van der Waals surface area contributed by atoms with Crippen LogP contribution < -0.4 is 10.6 Å². The van der Waals surface area contributed by atoms with Crippen molar-refractivity contribution in [2.75, 3.05) is 11.9 Å². The maximum absolute atomic E-state index is 11.8. The monoisotopic (exact) mass is 397 g/mol. The number of amides is 2. The van der Waals surface area contributed by atoms with Crippen molar-refractivity contribution >= 4 is 58.1 Å². The summed E-state index contributed by atoms with van der Waals surface area (Å²) >= 11 is 18.5. The minimum Gasteiger partial charge on any atom is -0.361 e. The molecule has 0 aliphatic carbocycles. The summed E-state index contributed by atoms with van der Waals surface area (Å²) in [7, 11) is 1.67. The Bertz CT molecular complexity index is 861. The molecule has 2 amide bonds. The van der Waals surface area contributed by atoms with E-state index in [1.165, 1.54) is 0 Å². The van der Waals surface area contributed by atoms with Gasteiger partial charge in [0.05, 0.1) is 15.6 Å². The maximum atomic E-state index is 11.8. The highest BCUT2D eigenvalue weighted by atomic mass is 35.5. The minimum atomic E-state index is -1.18. The molecule has 25 heavy (non-hydrogen) atoms. The third kappa shape index (κ3) is 4.31. The molecule has 0 unspecified atom stereocenters. The van der Waals surface area contributed by atoms with Gasteiger partial charge in [0.2, 0.25) is 0 Å². The van der Waals surface area contributed by atoms with Crippen molar-refractivity contribution in [2.24, 2.45) is 10.7 Å². The molecule has 0 atom stereocenters. The van der Waals surface area contributed by atoms with Gasteiger partial charge in [0.25, 0.3) is 0 Å². The molecule has 0 spiro atoms. The number of primary amides is 1. The number of nitrogens with two attached hydrogens (primary N) is 1. The van der Waals surface area contributed by atoms with Gasteiger partial charge in [-0.05, 0) is 42.8 Å². The largest absolute Gasteiger partial charge is 0.361 e. The molecular weight excluding hydrogens is 385 g/mol. The molecule has 0 radical (unpaired) electrons. The molecule has 0 aliphatic heterocycles. The van der Waals surface area contributed by atoms with Crippen LogP contribution in [0, 0.1) is 6.92 Å². The van der Waals surface area contributed by atoms with E-state index < -0.39 is 11.8 Å². The zero-order valence-corrected chi connectivity index (χ0v) is 15.7. The summed E-state index contributed by atoms with van der Waals surface area (Å²) < 4.78 is 0. The Kier molecular flexibility index (Phi) is 6.06. The minimum absolute atomic E-state index is 0.102. The van der Waals surface area contributed by atoms with Crippen LogP contribution in [-0.2, 0) is 9.59 Å². The van der Waals surface area contributed by atoms with Crippen LogP contribution >= 0.6 is 34.8 Å². The van der Waals surface area contributed by atoms with E-state index in [1.54, 1.807) is 48.3 Å². The highest BCUT2D eigenvalue weighted by Crippen LogP contribution is 2.30.